The Hall–Kier alpha value is -1.73. The van der Waals surface area contributed by atoms with Crippen molar-refractivity contribution in [1.82, 2.24) is 0 Å². The molecule has 1 atom stereocenters. The Labute approximate surface area is 114 Å². The van der Waals surface area contributed by atoms with Crippen LogP contribution >= 0.6 is 0 Å². The molecule has 1 aromatic carbocycles. The molecular weight excluding hydrogens is 240 g/mol. The van der Waals surface area contributed by atoms with Crippen LogP contribution in [0.25, 0.3) is 0 Å². The molecule has 0 aliphatic carbocycles. The van der Waals surface area contributed by atoms with E-state index in [0.29, 0.717) is 6.04 Å². The van der Waals surface area contributed by atoms with E-state index >= 15 is 0 Å². The Bertz CT molecular complexity index is 465. The second-order valence-corrected chi connectivity index (χ2v) is 5.42. The van der Waals surface area contributed by atoms with Gasteiger partial charge in [-0.1, -0.05) is 6.07 Å². The van der Waals surface area contributed by atoms with Crippen molar-refractivity contribution in [3.63, 3.8) is 0 Å². The van der Waals surface area contributed by atoms with Crippen molar-refractivity contribution in [3.05, 3.63) is 24.3 Å². The number of nitriles is 1. The molecule has 0 amide bonds. The molecule has 4 nitrogen and oxygen atoms in total. The summed E-state index contributed by atoms with van der Waals surface area (Å²) in [5.74, 6) is 0.720. The van der Waals surface area contributed by atoms with Crippen molar-refractivity contribution >= 4 is 5.69 Å². The van der Waals surface area contributed by atoms with Gasteiger partial charge in [0.2, 0.25) is 0 Å². The average Bonchev–Trinajstić information content (AvgIpc) is 2.35. The van der Waals surface area contributed by atoms with Gasteiger partial charge in [0.05, 0.1) is 5.60 Å². The van der Waals surface area contributed by atoms with E-state index in [2.05, 4.69) is 19.2 Å². The van der Waals surface area contributed by atoms with Gasteiger partial charge in [-0.25, -0.2) is 0 Å². The van der Waals surface area contributed by atoms with E-state index in [9.17, 15) is 0 Å². The lowest BCUT2D eigenvalue weighted by Crippen LogP contribution is -2.40. The highest BCUT2D eigenvalue weighted by Crippen LogP contribution is 2.27. The van der Waals surface area contributed by atoms with Crippen molar-refractivity contribution in [2.24, 2.45) is 0 Å². The van der Waals surface area contributed by atoms with Crippen LogP contribution in [-0.2, 0) is 4.74 Å². The maximum atomic E-state index is 8.51. The van der Waals surface area contributed by atoms with Crippen molar-refractivity contribution in [3.8, 4) is 11.8 Å². The molecule has 0 bridgehead atoms. The van der Waals surface area contributed by atoms with Crippen molar-refractivity contribution in [2.45, 2.75) is 38.3 Å². The second-order valence-electron chi connectivity index (χ2n) is 5.42. The molecule has 1 aromatic rings. The van der Waals surface area contributed by atoms with E-state index < -0.39 is 0 Å². The van der Waals surface area contributed by atoms with E-state index in [1.54, 1.807) is 0 Å². The Morgan fingerprint density at radius 3 is 3.11 bits per heavy atom. The number of anilines is 1. The molecule has 1 aliphatic heterocycles. The summed E-state index contributed by atoms with van der Waals surface area (Å²) in [5.41, 5.74) is 0.961. The normalized spacial score (nSPS) is 21.4. The summed E-state index contributed by atoms with van der Waals surface area (Å²) >= 11 is 0. The van der Waals surface area contributed by atoms with Crippen LogP contribution in [-0.4, -0.2) is 24.9 Å². The lowest BCUT2D eigenvalue weighted by atomic mass is 9.94. The Morgan fingerprint density at radius 2 is 2.37 bits per heavy atom. The summed E-state index contributed by atoms with van der Waals surface area (Å²) < 4.78 is 11.0. The first-order valence-corrected chi connectivity index (χ1v) is 6.59. The number of nitrogens with one attached hydrogen (secondary N) is 1. The predicted octanol–water partition coefficient (Wildman–Crippen LogP) is 2.96. The minimum atomic E-state index is -0.0646. The summed E-state index contributed by atoms with van der Waals surface area (Å²) in [6, 6.07) is 10.1. The minimum Gasteiger partial charge on any atom is -0.479 e. The van der Waals surface area contributed by atoms with Gasteiger partial charge in [0.15, 0.2) is 6.61 Å². The van der Waals surface area contributed by atoms with Crippen molar-refractivity contribution in [2.75, 3.05) is 18.5 Å². The quantitative estimate of drug-likeness (QED) is 0.904. The zero-order chi connectivity index (χ0) is 13.7. The van der Waals surface area contributed by atoms with Crippen LogP contribution in [0.1, 0.15) is 26.7 Å². The fraction of sp³-hybridized carbons (Fsp3) is 0.533. The third-order valence-corrected chi connectivity index (χ3v) is 3.21. The SMILES string of the molecule is CC1(C)CC(Nc2cccc(OCC#N)c2)CCO1. The molecule has 1 fully saturated rings. The van der Waals surface area contributed by atoms with Gasteiger partial charge in [-0.2, -0.15) is 5.26 Å². The molecule has 102 valence electrons. The first-order valence-electron chi connectivity index (χ1n) is 6.59. The molecule has 0 aromatic heterocycles. The van der Waals surface area contributed by atoms with E-state index in [1.807, 2.05) is 30.3 Å². The molecular formula is C15H20N2O2. The van der Waals surface area contributed by atoms with Gasteiger partial charge in [-0.05, 0) is 38.8 Å². The summed E-state index contributed by atoms with van der Waals surface area (Å²) in [7, 11) is 0. The molecule has 4 heteroatoms. The molecule has 0 radical (unpaired) electrons. The standard InChI is InChI=1S/C15H20N2O2/c1-15(2)11-13(6-8-19-15)17-12-4-3-5-14(10-12)18-9-7-16/h3-5,10,13,17H,6,8-9,11H2,1-2H3. The summed E-state index contributed by atoms with van der Waals surface area (Å²) in [6.07, 6.45) is 1.99. The maximum Gasteiger partial charge on any atom is 0.174 e. The number of hydrogen-bond donors (Lipinski definition) is 1. The molecule has 1 saturated heterocycles. The summed E-state index contributed by atoms with van der Waals surface area (Å²) in [5, 5.41) is 12.0. The molecule has 1 N–H and O–H groups in total. The van der Waals surface area contributed by atoms with Gasteiger partial charge in [0.1, 0.15) is 11.8 Å². The maximum absolute atomic E-state index is 8.51. The Balaban J connectivity index is 1.97. The molecule has 1 aliphatic rings. The zero-order valence-electron chi connectivity index (χ0n) is 11.5. The monoisotopic (exact) mass is 260 g/mol. The third-order valence-electron chi connectivity index (χ3n) is 3.21. The smallest absolute Gasteiger partial charge is 0.174 e. The highest BCUT2D eigenvalue weighted by Gasteiger charge is 2.28. The number of nitrogens with zero attached hydrogens (tertiary/aromatic N) is 1. The Kier molecular flexibility index (Phi) is 4.28. The lowest BCUT2D eigenvalue weighted by molar-refractivity contribution is -0.0553. The summed E-state index contributed by atoms with van der Waals surface area (Å²) in [4.78, 5) is 0. The topological polar surface area (TPSA) is 54.3 Å². The highest BCUT2D eigenvalue weighted by atomic mass is 16.5. The lowest BCUT2D eigenvalue weighted by Gasteiger charge is -2.36. The van der Waals surface area contributed by atoms with Crippen LogP contribution in [0.4, 0.5) is 5.69 Å². The van der Waals surface area contributed by atoms with Crippen LogP contribution in [0.15, 0.2) is 24.3 Å². The zero-order valence-corrected chi connectivity index (χ0v) is 11.5. The Morgan fingerprint density at radius 1 is 1.53 bits per heavy atom. The summed E-state index contributed by atoms with van der Waals surface area (Å²) in [6.45, 7) is 5.10. The molecule has 19 heavy (non-hydrogen) atoms. The van der Waals surface area contributed by atoms with E-state index in [1.165, 1.54) is 0 Å². The van der Waals surface area contributed by atoms with Crippen LogP contribution in [0.5, 0.6) is 5.75 Å². The average molecular weight is 260 g/mol. The molecule has 2 rings (SSSR count). The highest BCUT2D eigenvalue weighted by molar-refractivity contribution is 5.49. The van der Waals surface area contributed by atoms with Gasteiger partial charge in [0.25, 0.3) is 0 Å². The number of hydrogen-bond acceptors (Lipinski definition) is 4. The number of rotatable bonds is 4. The molecule has 0 saturated carbocycles. The van der Waals surface area contributed by atoms with Gasteiger partial charge >= 0.3 is 0 Å². The predicted molar refractivity (Wildman–Crippen MR) is 74.2 cm³/mol. The molecule has 1 unspecified atom stereocenters. The van der Waals surface area contributed by atoms with Crippen LogP contribution in [0, 0.1) is 11.3 Å². The van der Waals surface area contributed by atoms with Crippen LogP contribution < -0.4 is 10.1 Å². The van der Waals surface area contributed by atoms with Gasteiger partial charge in [-0.3, -0.25) is 0 Å². The number of ether oxygens (including phenoxy) is 2. The largest absolute Gasteiger partial charge is 0.479 e. The minimum absolute atomic E-state index is 0.0646. The van der Waals surface area contributed by atoms with E-state index in [0.717, 1.165) is 30.9 Å². The fourth-order valence-electron chi connectivity index (χ4n) is 2.38. The van der Waals surface area contributed by atoms with Crippen molar-refractivity contribution in [1.29, 1.82) is 5.26 Å². The van der Waals surface area contributed by atoms with E-state index in [4.69, 9.17) is 14.7 Å². The molecule has 0 spiro atoms. The van der Waals surface area contributed by atoms with E-state index in [-0.39, 0.29) is 12.2 Å². The fourth-order valence-corrected chi connectivity index (χ4v) is 2.38. The third kappa shape index (κ3) is 4.15. The van der Waals surface area contributed by atoms with Gasteiger partial charge in [0, 0.05) is 24.4 Å². The van der Waals surface area contributed by atoms with Crippen molar-refractivity contribution < 1.29 is 9.47 Å². The molecule has 1 heterocycles. The van der Waals surface area contributed by atoms with Gasteiger partial charge in [-0.15, -0.1) is 0 Å². The first kappa shape index (κ1) is 13.7. The number of benzene rings is 1. The van der Waals surface area contributed by atoms with Gasteiger partial charge < -0.3 is 14.8 Å². The first-order chi connectivity index (χ1) is 9.09. The van der Waals surface area contributed by atoms with Crippen LogP contribution in [0.3, 0.4) is 0 Å². The second kappa shape index (κ2) is 5.94. The van der Waals surface area contributed by atoms with Crippen LogP contribution in [0.2, 0.25) is 0 Å².